The van der Waals surface area contributed by atoms with Crippen LogP contribution in [0.25, 0.3) is 0 Å². The van der Waals surface area contributed by atoms with E-state index in [-0.39, 0.29) is 5.97 Å². The standard InChI is InChI=1S/C19H36N2O6/c1-19(2,3)27-18(23)20-7-11-25-13-14-26-12-10-21-8-5-16(6-9-21)15-17(22)24-4/h16H,5-15H2,1-4H3,(H,20,23). The molecule has 0 spiro atoms. The molecule has 1 fully saturated rings. The molecule has 1 amide bonds. The molecule has 1 N–H and O–H groups in total. The van der Waals surface area contributed by atoms with E-state index in [1.165, 1.54) is 7.11 Å². The molecule has 1 aliphatic heterocycles. The van der Waals surface area contributed by atoms with Gasteiger partial charge in [-0.1, -0.05) is 0 Å². The van der Waals surface area contributed by atoms with E-state index in [0.29, 0.717) is 45.3 Å². The van der Waals surface area contributed by atoms with Crippen LogP contribution in [-0.2, 0) is 23.7 Å². The fourth-order valence-corrected chi connectivity index (χ4v) is 2.79. The Morgan fingerprint density at radius 2 is 1.67 bits per heavy atom. The molecule has 0 saturated carbocycles. The summed E-state index contributed by atoms with van der Waals surface area (Å²) < 4.78 is 20.9. The van der Waals surface area contributed by atoms with Crippen molar-refractivity contribution in [2.75, 3.05) is 59.7 Å². The minimum absolute atomic E-state index is 0.113. The van der Waals surface area contributed by atoms with Gasteiger partial charge < -0.3 is 29.2 Å². The van der Waals surface area contributed by atoms with Crippen LogP contribution < -0.4 is 5.32 Å². The van der Waals surface area contributed by atoms with Crippen molar-refractivity contribution in [1.82, 2.24) is 10.2 Å². The van der Waals surface area contributed by atoms with Gasteiger partial charge in [-0.15, -0.1) is 0 Å². The van der Waals surface area contributed by atoms with E-state index < -0.39 is 11.7 Å². The van der Waals surface area contributed by atoms with Gasteiger partial charge in [0.1, 0.15) is 5.60 Å². The van der Waals surface area contributed by atoms with Crippen LogP contribution in [0.1, 0.15) is 40.0 Å². The molecule has 1 heterocycles. The van der Waals surface area contributed by atoms with E-state index >= 15 is 0 Å². The number of nitrogens with zero attached hydrogens (tertiary/aromatic N) is 1. The molecule has 0 unspecified atom stereocenters. The highest BCUT2D eigenvalue weighted by molar-refractivity contribution is 5.69. The molecule has 0 bridgehead atoms. The van der Waals surface area contributed by atoms with Crippen molar-refractivity contribution in [2.45, 2.75) is 45.6 Å². The molecule has 1 aliphatic rings. The average molecular weight is 389 g/mol. The van der Waals surface area contributed by atoms with E-state index in [1.807, 2.05) is 20.8 Å². The summed E-state index contributed by atoms with van der Waals surface area (Å²) in [6, 6.07) is 0. The molecule has 1 rings (SSSR count). The zero-order valence-corrected chi connectivity index (χ0v) is 17.3. The SMILES string of the molecule is COC(=O)CC1CCN(CCOCCOCCNC(=O)OC(C)(C)C)CC1. The Morgan fingerprint density at radius 1 is 1.04 bits per heavy atom. The van der Waals surface area contributed by atoms with Gasteiger partial charge in [-0.2, -0.15) is 0 Å². The molecule has 0 aromatic rings. The third-order valence-electron chi connectivity index (χ3n) is 4.23. The summed E-state index contributed by atoms with van der Waals surface area (Å²) in [6.45, 7) is 10.9. The van der Waals surface area contributed by atoms with Gasteiger partial charge in [-0.05, 0) is 52.6 Å². The molecule has 158 valence electrons. The lowest BCUT2D eigenvalue weighted by Crippen LogP contribution is -2.36. The third-order valence-corrected chi connectivity index (χ3v) is 4.23. The van der Waals surface area contributed by atoms with Crippen LogP contribution in [0.3, 0.4) is 0 Å². The predicted octanol–water partition coefficient (Wildman–Crippen LogP) is 1.82. The first-order valence-electron chi connectivity index (χ1n) is 9.71. The Labute approximate surface area is 162 Å². The minimum atomic E-state index is -0.491. The maximum Gasteiger partial charge on any atom is 0.407 e. The van der Waals surface area contributed by atoms with Gasteiger partial charge in [0, 0.05) is 19.5 Å². The maximum atomic E-state index is 11.4. The van der Waals surface area contributed by atoms with Crippen LogP contribution in [0.2, 0.25) is 0 Å². The topological polar surface area (TPSA) is 86.3 Å². The quantitative estimate of drug-likeness (QED) is 0.427. The van der Waals surface area contributed by atoms with Gasteiger partial charge in [-0.25, -0.2) is 4.79 Å². The largest absolute Gasteiger partial charge is 0.469 e. The van der Waals surface area contributed by atoms with E-state index in [0.717, 1.165) is 32.5 Å². The second kappa shape index (κ2) is 12.9. The molecular formula is C19H36N2O6. The summed E-state index contributed by atoms with van der Waals surface area (Å²) in [6.07, 6.45) is 2.16. The van der Waals surface area contributed by atoms with E-state index in [9.17, 15) is 9.59 Å². The molecule has 0 aromatic carbocycles. The second-order valence-electron chi connectivity index (χ2n) is 7.72. The van der Waals surface area contributed by atoms with Gasteiger partial charge in [0.2, 0.25) is 0 Å². The fraction of sp³-hybridized carbons (Fsp3) is 0.895. The Morgan fingerprint density at radius 3 is 2.26 bits per heavy atom. The minimum Gasteiger partial charge on any atom is -0.469 e. The Bertz CT molecular complexity index is 430. The zero-order valence-electron chi connectivity index (χ0n) is 17.3. The number of nitrogens with one attached hydrogen (secondary N) is 1. The number of methoxy groups -OCH3 is 1. The molecular weight excluding hydrogens is 352 g/mol. The number of amides is 1. The number of hydrogen-bond donors (Lipinski definition) is 1. The molecule has 0 atom stereocenters. The van der Waals surface area contributed by atoms with Crippen molar-refractivity contribution in [3.63, 3.8) is 0 Å². The van der Waals surface area contributed by atoms with Crippen molar-refractivity contribution in [3.05, 3.63) is 0 Å². The summed E-state index contributed by atoms with van der Waals surface area (Å²) in [5.74, 6) is 0.329. The Kier molecular flexibility index (Phi) is 11.3. The highest BCUT2D eigenvalue weighted by atomic mass is 16.6. The van der Waals surface area contributed by atoms with Gasteiger partial charge in [0.25, 0.3) is 0 Å². The normalized spacial score (nSPS) is 16.1. The van der Waals surface area contributed by atoms with Crippen LogP contribution in [-0.4, -0.2) is 82.3 Å². The summed E-state index contributed by atoms with van der Waals surface area (Å²) in [5.41, 5.74) is -0.491. The molecule has 27 heavy (non-hydrogen) atoms. The zero-order chi connectivity index (χ0) is 20.1. The number of alkyl carbamates (subject to hydrolysis) is 1. The number of ether oxygens (including phenoxy) is 4. The Hall–Kier alpha value is -1.38. The van der Waals surface area contributed by atoms with Gasteiger partial charge in [0.05, 0.1) is 33.5 Å². The first kappa shape index (κ1) is 23.7. The number of hydrogen-bond acceptors (Lipinski definition) is 7. The van der Waals surface area contributed by atoms with E-state index in [4.69, 9.17) is 18.9 Å². The highest BCUT2D eigenvalue weighted by Gasteiger charge is 2.21. The second-order valence-corrected chi connectivity index (χ2v) is 7.72. The Balaban J connectivity index is 1.90. The van der Waals surface area contributed by atoms with Crippen LogP contribution in [0, 0.1) is 5.92 Å². The molecule has 0 radical (unpaired) electrons. The number of likely N-dealkylation sites (tertiary alicyclic amines) is 1. The average Bonchev–Trinajstić information content (AvgIpc) is 2.60. The number of esters is 1. The lowest BCUT2D eigenvalue weighted by atomic mass is 9.94. The number of rotatable bonds is 11. The lowest BCUT2D eigenvalue weighted by molar-refractivity contribution is -0.142. The molecule has 0 aliphatic carbocycles. The third kappa shape index (κ3) is 12.6. The summed E-state index contributed by atoms with van der Waals surface area (Å²) in [4.78, 5) is 25.1. The summed E-state index contributed by atoms with van der Waals surface area (Å²) in [7, 11) is 1.44. The maximum absolute atomic E-state index is 11.4. The number of piperidine rings is 1. The monoisotopic (exact) mass is 388 g/mol. The lowest BCUT2D eigenvalue weighted by Gasteiger charge is -2.31. The van der Waals surface area contributed by atoms with Gasteiger partial charge in [0.15, 0.2) is 0 Å². The fourth-order valence-electron chi connectivity index (χ4n) is 2.79. The van der Waals surface area contributed by atoms with Crippen molar-refractivity contribution < 1.29 is 28.5 Å². The predicted molar refractivity (Wildman–Crippen MR) is 102 cm³/mol. The molecule has 8 heteroatoms. The highest BCUT2D eigenvalue weighted by Crippen LogP contribution is 2.20. The van der Waals surface area contributed by atoms with Crippen LogP contribution in [0.15, 0.2) is 0 Å². The first-order valence-corrected chi connectivity index (χ1v) is 9.71. The van der Waals surface area contributed by atoms with Crippen LogP contribution in [0.4, 0.5) is 4.79 Å². The number of carbonyl (C=O) groups excluding carboxylic acids is 2. The summed E-state index contributed by atoms with van der Waals surface area (Å²) in [5, 5.41) is 2.64. The van der Waals surface area contributed by atoms with Crippen molar-refractivity contribution in [1.29, 1.82) is 0 Å². The first-order chi connectivity index (χ1) is 12.8. The van der Waals surface area contributed by atoms with E-state index in [1.54, 1.807) is 0 Å². The molecule has 0 aromatic heterocycles. The van der Waals surface area contributed by atoms with Crippen molar-refractivity contribution in [3.8, 4) is 0 Å². The van der Waals surface area contributed by atoms with Gasteiger partial charge >= 0.3 is 12.1 Å². The molecule has 8 nitrogen and oxygen atoms in total. The molecule has 1 saturated heterocycles. The van der Waals surface area contributed by atoms with Crippen molar-refractivity contribution >= 4 is 12.1 Å². The van der Waals surface area contributed by atoms with Gasteiger partial charge in [-0.3, -0.25) is 4.79 Å². The smallest absolute Gasteiger partial charge is 0.407 e. The van der Waals surface area contributed by atoms with Crippen molar-refractivity contribution in [2.24, 2.45) is 5.92 Å². The van der Waals surface area contributed by atoms with E-state index in [2.05, 4.69) is 10.2 Å². The van der Waals surface area contributed by atoms with Crippen LogP contribution >= 0.6 is 0 Å². The van der Waals surface area contributed by atoms with Crippen LogP contribution in [0.5, 0.6) is 0 Å². The number of carbonyl (C=O) groups is 2. The summed E-state index contributed by atoms with van der Waals surface area (Å²) >= 11 is 0.